The molecule has 0 radical (unpaired) electrons. The summed E-state index contributed by atoms with van der Waals surface area (Å²) in [7, 11) is 0. The van der Waals surface area contributed by atoms with Crippen molar-refractivity contribution in [2.75, 3.05) is 0 Å². The Morgan fingerprint density at radius 3 is 2.89 bits per heavy atom. The zero-order valence-corrected chi connectivity index (χ0v) is 10.2. The van der Waals surface area contributed by atoms with Crippen molar-refractivity contribution < 1.29 is 14.1 Å². The second-order valence-electron chi connectivity index (χ2n) is 3.11. The summed E-state index contributed by atoms with van der Waals surface area (Å²) in [6, 6.07) is 2.98. The third-order valence-electron chi connectivity index (χ3n) is 1.91. The molecule has 1 aromatic heterocycles. The van der Waals surface area contributed by atoms with Crippen LogP contribution < -0.4 is 4.74 Å². The number of benzene rings is 1. The summed E-state index contributed by atoms with van der Waals surface area (Å²) in [5, 5.41) is 18.4. The van der Waals surface area contributed by atoms with Crippen LogP contribution >= 0.6 is 22.9 Å². The number of hydrogen-bond acceptors (Lipinski definition) is 6. The number of nitro groups is 1. The Balaban J connectivity index is 2.17. The predicted octanol–water partition coefficient (Wildman–Crippen LogP) is 2.82. The van der Waals surface area contributed by atoms with Gasteiger partial charge in [0.1, 0.15) is 12.4 Å². The van der Waals surface area contributed by atoms with Crippen LogP contribution in [0, 0.1) is 15.9 Å². The van der Waals surface area contributed by atoms with Gasteiger partial charge in [-0.1, -0.05) is 11.3 Å². The Morgan fingerprint density at radius 2 is 2.28 bits per heavy atom. The fraction of sp³-hybridized carbons (Fsp3) is 0.111. The Bertz CT molecular complexity index is 592. The minimum Gasteiger partial charge on any atom is -0.479 e. The highest BCUT2D eigenvalue weighted by atomic mass is 35.5. The van der Waals surface area contributed by atoms with Crippen molar-refractivity contribution in [1.82, 2.24) is 10.2 Å². The Labute approximate surface area is 109 Å². The summed E-state index contributed by atoms with van der Waals surface area (Å²) in [6.45, 7) is -0.0608. The van der Waals surface area contributed by atoms with Gasteiger partial charge < -0.3 is 4.74 Å². The molecular weight excluding hydrogens is 285 g/mol. The van der Waals surface area contributed by atoms with E-state index in [4.69, 9.17) is 16.3 Å². The minimum atomic E-state index is -0.651. The number of rotatable bonds is 4. The van der Waals surface area contributed by atoms with Gasteiger partial charge in [-0.25, -0.2) is 4.39 Å². The maximum Gasteiger partial charge on any atom is 0.311 e. The van der Waals surface area contributed by atoms with E-state index in [9.17, 15) is 14.5 Å². The summed E-state index contributed by atoms with van der Waals surface area (Å²) in [5.41, 5.74) is -0.313. The van der Waals surface area contributed by atoms with E-state index in [0.717, 1.165) is 29.5 Å². The Morgan fingerprint density at radius 1 is 1.50 bits per heavy atom. The maximum atomic E-state index is 13.0. The van der Waals surface area contributed by atoms with Crippen LogP contribution in [0.25, 0.3) is 0 Å². The van der Waals surface area contributed by atoms with E-state index >= 15 is 0 Å². The van der Waals surface area contributed by atoms with Gasteiger partial charge >= 0.3 is 5.69 Å². The fourth-order valence-corrected chi connectivity index (χ4v) is 1.97. The lowest BCUT2D eigenvalue weighted by Gasteiger charge is -2.04. The van der Waals surface area contributed by atoms with Crippen molar-refractivity contribution in [2.45, 2.75) is 6.61 Å². The molecule has 9 heteroatoms. The third-order valence-corrected chi connectivity index (χ3v) is 2.90. The van der Waals surface area contributed by atoms with E-state index in [1.54, 1.807) is 0 Å². The Kier molecular flexibility index (Phi) is 3.68. The molecule has 0 amide bonds. The molecule has 18 heavy (non-hydrogen) atoms. The molecule has 2 rings (SSSR count). The van der Waals surface area contributed by atoms with E-state index in [-0.39, 0.29) is 22.5 Å². The number of hydrogen-bond donors (Lipinski definition) is 0. The number of ether oxygens (including phenoxy) is 1. The lowest BCUT2D eigenvalue weighted by molar-refractivity contribution is -0.386. The zero-order valence-electron chi connectivity index (χ0n) is 8.67. The van der Waals surface area contributed by atoms with Gasteiger partial charge in [0.25, 0.3) is 0 Å². The van der Waals surface area contributed by atoms with E-state index in [2.05, 4.69) is 10.2 Å². The first-order chi connectivity index (χ1) is 8.56. The SMILES string of the molecule is O=[N+]([O-])c1ccc(F)cc1OCc1nnc(Cl)s1. The van der Waals surface area contributed by atoms with Gasteiger partial charge in [-0.3, -0.25) is 10.1 Å². The van der Waals surface area contributed by atoms with Crippen molar-refractivity contribution in [3.05, 3.63) is 43.6 Å². The van der Waals surface area contributed by atoms with Crippen LogP contribution in [-0.2, 0) is 6.61 Å². The van der Waals surface area contributed by atoms with Crippen LogP contribution in [0.1, 0.15) is 5.01 Å². The van der Waals surface area contributed by atoms with Gasteiger partial charge in [0.05, 0.1) is 4.92 Å². The van der Waals surface area contributed by atoms with Gasteiger partial charge in [0, 0.05) is 12.1 Å². The summed E-state index contributed by atoms with van der Waals surface area (Å²) >= 11 is 6.65. The number of nitro benzene ring substituents is 1. The molecule has 0 saturated carbocycles. The van der Waals surface area contributed by atoms with Crippen LogP contribution in [0.5, 0.6) is 5.75 Å². The highest BCUT2D eigenvalue weighted by Crippen LogP contribution is 2.28. The first-order valence-corrected chi connectivity index (χ1v) is 5.80. The molecule has 2 aromatic rings. The quantitative estimate of drug-likeness (QED) is 0.639. The molecule has 94 valence electrons. The monoisotopic (exact) mass is 289 g/mol. The van der Waals surface area contributed by atoms with E-state index < -0.39 is 10.7 Å². The van der Waals surface area contributed by atoms with Crippen LogP contribution in [0.15, 0.2) is 18.2 Å². The lowest BCUT2D eigenvalue weighted by Crippen LogP contribution is -1.99. The van der Waals surface area contributed by atoms with E-state index in [0.29, 0.717) is 5.01 Å². The minimum absolute atomic E-state index is 0.0608. The topological polar surface area (TPSA) is 78.2 Å². The third kappa shape index (κ3) is 2.90. The largest absolute Gasteiger partial charge is 0.479 e. The first-order valence-electron chi connectivity index (χ1n) is 4.61. The number of nitrogens with zero attached hydrogens (tertiary/aromatic N) is 3. The smallest absolute Gasteiger partial charge is 0.311 e. The molecule has 0 aliphatic rings. The highest BCUT2D eigenvalue weighted by Gasteiger charge is 2.16. The van der Waals surface area contributed by atoms with Gasteiger partial charge in [-0.05, 0) is 17.7 Å². The molecule has 0 aliphatic carbocycles. The van der Waals surface area contributed by atoms with Crippen LogP contribution in [0.3, 0.4) is 0 Å². The average Bonchev–Trinajstić information content (AvgIpc) is 2.72. The molecule has 6 nitrogen and oxygen atoms in total. The molecular formula is C9H5ClFN3O3S. The van der Waals surface area contributed by atoms with Crippen molar-refractivity contribution in [3.8, 4) is 5.75 Å². The molecule has 0 aliphatic heterocycles. The molecule has 0 N–H and O–H groups in total. The number of halogens is 2. The number of aromatic nitrogens is 2. The summed E-state index contributed by atoms with van der Waals surface area (Å²) in [6.07, 6.45) is 0. The molecule has 0 atom stereocenters. The van der Waals surface area contributed by atoms with Crippen molar-refractivity contribution in [1.29, 1.82) is 0 Å². The second-order valence-corrected chi connectivity index (χ2v) is 4.75. The molecule has 0 fully saturated rings. The van der Waals surface area contributed by atoms with Gasteiger partial charge in [0.15, 0.2) is 10.8 Å². The maximum absolute atomic E-state index is 13.0. The molecule has 1 aromatic carbocycles. The summed E-state index contributed by atoms with van der Waals surface area (Å²) in [4.78, 5) is 10.1. The predicted molar refractivity (Wildman–Crippen MR) is 62.3 cm³/mol. The molecule has 0 saturated heterocycles. The van der Waals surface area contributed by atoms with Crippen LogP contribution in [0.2, 0.25) is 4.47 Å². The molecule has 0 bridgehead atoms. The van der Waals surface area contributed by atoms with E-state index in [1.165, 1.54) is 0 Å². The van der Waals surface area contributed by atoms with Gasteiger partial charge in [-0.15, -0.1) is 10.2 Å². The summed E-state index contributed by atoms with van der Waals surface area (Å²) < 4.78 is 18.4. The van der Waals surface area contributed by atoms with Gasteiger partial charge in [0.2, 0.25) is 4.47 Å². The molecule has 0 unspecified atom stereocenters. The Hall–Kier alpha value is -1.80. The van der Waals surface area contributed by atoms with E-state index in [1.807, 2.05) is 0 Å². The van der Waals surface area contributed by atoms with Crippen molar-refractivity contribution in [3.63, 3.8) is 0 Å². The lowest BCUT2D eigenvalue weighted by atomic mass is 10.3. The van der Waals surface area contributed by atoms with Gasteiger partial charge in [-0.2, -0.15) is 0 Å². The standard InChI is InChI=1S/C9H5ClFN3O3S/c10-9-13-12-8(18-9)4-17-7-3-5(11)1-2-6(7)14(15)16/h1-3H,4H2. The van der Waals surface area contributed by atoms with Crippen molar-refractivity contribution in [2.24, 2.45) is 0 Å². The summed E-state index contributed by atoms with van der Waals surface area (Å²) in [5.74, 6) is -0.780. The first kappa shape index (κ1) is 12.7. The zero-order chi connectivity index (χ0) is 13.1. The molecule has 0 spiro atoms. The fourth-order valence-electron chi connectivity index (χ4n) is 1.19. The molecule has 1 heterocycles. The van der Waals surface area contributed by atoms with Crippen LogP contribution in [-0.4, -0.2) is 15.1 Å². The highest BCUT2D eigenvalue weighted by molar-refractivity contribution is 7.15. The van der Waals surface area contributed by atoms with Crippen LogP contribution in [0.4, 0.5) is 10.1 Å². The van der Waals surface area contributed by atoms with Crippen molar-refractivity contribution >= 4 is 28.6 Å². The normalized spacial score (nSPS) is 10.3. The average molecular weight is 290 g/mol. The second kappa shape index (κ2) is 5.23.